The van der Waals surface area contributed by atoms with E-state index < -0.39 is 5.97 Å². The molecule has 2 bridgehead atoms. The molecule has 6 heteroatoms. The van der Waals surface area contributed by atoms with E-state index in [2.05, 4.69) is 101 Å². The van der Waals surface area contributed by atoms with Crippen LogP contribution in [0.4, 0.5) is 0 Å². The highest BCUT2D eigenvalue weighted by atomic mass is 16.5. The molecule has 6 nitrogen and oxygen atoms in total. The van der Waals surface area contributed by atoms with E-state index in [0.717, 1.165) is 38.5 Å². The Balaban J connectivity index is 1.57. The molecule has 1 saturated heterocycles. The van der Waals surface area contributed by atoms with E-state index in [1.807, 2.05) is 7.11 Å². The Labute approximate surface area is 281 Å². The topological polar surface area (TPSA) is 68.2 Å². The van der Waals surface area contributed by atoms with Crippen molar-refractivity contribution in [2.45, 2.75) is 139 Å². The zero-order chi connectivity index (χ0) is 34.4. The van der Waals surface area contributed by atoms with Crippen LogP contribution in [0.2, 0.25) is 0 Å². The number of aliphatic carboxylic acids is 1. The largest absolute Gasteiger partial charge is 0.481 e. The van der Waals surface area contributed by atoms with Crippen LogP contribution >= 0.6 is 0 Å². The Hall–Kier alpha value is -0.950. The second kappa shape index (κ2) is 11.8. The first-order valence-corrected chi connectivity index (χ1v) is 18.6. The maximum Gasteiger partial charge on any atom is 0.307 e. The van der Waals surface area contributed by atoms with E-state index in [4.69, 9.17) is 14.2 Å². The summed E-state index contributed by atoms with van der Waals surface area (Å²) in [6.45, 7) is 26.9. The van der Waals surface area contributed by atoms with Crippen LogP contribution < -0.4 is 0 Å². The highest BCUT2D eigenvalue weighted by Crippen LogP contribution is 2.75. The van der Waals surface area contributed by atoms with Gasteiger partial charge in [0, 0.05) is 23.5 Å². The molecule has 0 amide bonds. The van der Waals surface area contributed by atoms with Gasteiger partial charge >= 0.3 is 5.97 Å². The predicted octanol–water partition coefficient (Wildman–Crippen LogP) is 8.34. The zero-order valence-corrected chi connectivity index (χ0v) is 32.0. The van der Waals surface area contributed by atoms with Crippen LogP contribution in [0, 0.1) is 62.6 Å². The first kappa shape index (κ1) is 36.3. The molecular formula is C40H69NO5. The summed E-state index contributed by atoms with van der Waals surface area (Å²) in [5.74, 6) is 1.03. The highest BCUT2D eigenvalue weighted by Gasteiger charge is 2.73. The van der Waals surface area contributed by atoms with E-state index in [9.17, 15) is 9.90 Å². The van der Waals surface area contributed by atoms with Gasteiger partial charge in [0.05, 0.1) is 37.4 Å². The molecular weight excluding hydrogens is 574 g/mol. The molecule has 4 aliphatic carbocycles. The number of carboxylic acids is 1. The van der Waals surface area contributed by atoms with Gasteiger partial charge in [-0.25, -0.2) is 0 Å². The zero-order valence-electron chi connectivity index (χ0n) is 32.0. The van der Waals surface area contributed by atoms with Crippen LogP contribution in [0.25, 0.3) is 0 Å². The first-order valence-electron chi connectivity index (χ1n) is 18.6. The van der Waals surface area contributed by atoms with Crippen molar-refractivity contribution in [1.29, 1.82) is 0 Å². The van der Waals surface area contributed by atoms with Crippen molar-refractivity contribution in [1.82, 2.24) is 4.90 Å². The van der Waals surface area contributed by atoms with Gasteiger partial charge in [0.1, 0.15) is 0 Å². The lowest BCUT2D eigenvalue weighted by Gasteiger charge is -2.72. The average Bonchev–Trinajstić information content (AvgIpc) is 2.98. The molecule has 5 rings (SSSR count). The summed E-state index contributed by atoms with van der Waals surface area (Å²) in [6.07, 6.45) is 8.55. The number of ether oxygens (including phenoxy) is 3. The number of fused-ring (bicyclic) bond motifs is 3. The number of nitrogens with zero attached hydrogens (tertiary/aromatic N) is 1. The van der Waals surface area contributed by atoms with Crippen molar-refractivity contribution in [3.63, 3.8) is 0 Å². The minimum absolute atomic E-state index is 0.0275. The molecule has 5 aliphatic rings. The maximum absolute atomic E-state index is 13.4. The third kappa shape index (κ3) is 4.72. The lowest BCUT2D eigenvalue weighted by Crippen LogP contribution is -2.72. The molecule has 3 saturated carbocycles. The Kier molecular flexibility index (Phi) is 9.35. The van der Waals surface area contributed by atoms with Gasteiger partial charge in [-0.3, -0.25) is 4.79 Å². The van der Waals surface area contributed by atoms with E-state index in [0.29, 0.717) is 42.8 Å². The molecule has 0 radical (unpaired) electrons. The van der Waals surface area contributed by atoms with Crippen LogP contribution in [0.15, 0.2) is 11.6 Å². The van der Waals surface area contributed by atoms with E-state index >= 15 is 0 Å². The maximum atomic E-state index is 13.4. The Morgan fingerprint density at radius 1 is 1.09 bits per heavy atom. The van der Waals surface area contributed by atoms with Crippen molar-refractivity contribution in [2.75, 3.05) is 34.4 Å². The summed E-state index contributed by atoms with van der Waals surface area (Å²) < 4.78 is 20.4. The fraction of sp³-hybridized carbons (Fsp3) is 0.925. The molecule has 4 fully saturated rings. The Bertz CT molecular complexity index is 1190. The molecule has 1 N–H and O–H groups in total. The molecule has 0 unspecified atom stereocenters. The SMILES string of the molecule is CO[C@@H]1C[C@]23C4=CC[C@@]5(C)[C@H](C(=O)O)[C@@](C)([C@H](C)C(C)C)CC[C@]5(C)[C@H]4CC[C@H]2[C@@](C)(CO[C@H]3C)[C@H]1OC[C@@](C)(C(C)C)N(C)C. The lowest BCUT2D eigenvalue weighted by atomic mass is 9.34. The fourth-order valence-corrected chi connectivity index (χ4v) is 12.5. The van der Waals surface area contributed by atoms with Crippen LogP contribution in [-0.4, -0.2) is 74.2 Å². The smallest absolute Gasteiger partial charge is 0.307 e. The van der Waals surface area contributed by atoms with Gasteiger partial charge in [0.2, 0.25) is 0 Å². The molecule has 46 heavy (non-hydrogen) atoms. The van der Waals surface area contributed by atoms with Crippen molar-refractivity contribution >= 4 is 5.97 Å². The normalized spacial score (nSPS) is 47.5. The minimum Gasteiger partial charge on any atom is -0.481 e. The number of carbonyl (C=O) groups is 1. The quantitative estimate of drug-likeness (QED) is 0.255. The van der Waals surface area contributed by atoms with Crippen molar-refractivity contribution in [2.24, 2.45) is 62.6 Å². The van der Waals surface area contributed by atoms with Crippen LogP contribution in [0.1, 0.15) is 115 Å². The number of allylic oxidation sites excluding steroid dienone is 1. The van der Waals surface area contributed by atoms with Gasteiger partial charge in [-0.2, -0.15) is 0 Å². The summed E-state index contributed by atoms with van der Waals surface area (Å²) >= 11 is 0. The van der Waals surface area contributed by atoms with Gasteiger partial charge < -0.3 is 24.2 Å². The fourth-order valence-electron chi connectivity index (χ4n) is 12.5. The molecule has 1 aliphatic heterocycles. The van der Waals surface area contributed by atoms with Crippen molar-refractivity contribution in [3.05, 3.63) is 11.6 Å². The number of hydrogen-bond acceptors (Lipinski definition) is 5. The molecule has 0 aromatic carbocycles. The Morgan fingerprint density at radius 3 is 2.28 bits per heavy atom. The molecule has 264 valence electrons. The summed E-state index contributed by atoms with van der Waals surface area (Å²) in [6, 6.07) is 0. The van der Waals surface area contributed by atoms with Crippen molar-refractivity contribution in [3.8, 4) is 0 Å². The van der Waals surface area contributed by atoms with Gasteiger partial charge in [-0.15, -0.1) is 0 Å². The van der Waals surface area contributed by atoms with Gasteiger partial charge in [0.25, 0.3) is 0 Å². The molecule has 1 heterocycles. The number of hydrogen-bond donors (Lipinski definition) is 1. The predicted molar refractivity (Wildman–Crippen MR) is 186 cm³/mol. The summed E-state index contributed by atoms with van der Waals surface area (Å²) in [4.78, 5) is 15.7. The third-order valence-corrected chi connectivity index (χ3v) is 16.7. The summed E-state index contributed by atoms with van der Waals surface area (Å²) in [5.41, 5.74) is 0.528. The van der Waals surface area contributed by atoms with E-state index in [-0.39, 0.29) is 56.8 Å². The second-order valence-electron chi connectivity index (χ2n) is 18.8. The van der Waals surface area contributed by atoms with Crippen molar-refractivity contribution < 1.29 is 24.1 Å². The highest BCUT2D eigenvalue weighted by molar-refractivity contribution is 5.73. The number of likely N-dealkylation sites (N-methyl/N-ethyl adjacent to an activating group) is 1. The standard InChI is InChI=1S/C40H69NO5/c1-24(2)26(5)35(7)19-20-37(9)28-15-16-31-36(8)22-45-27(6)40(31,29(28)17-18-38(37,10)32(35)34(42)43)21-30(44-14)33(36)46-23-39(11,25(3)4)41(12)13/h17,24-28,30-33H,15-16,18-23H2,1-14H3,(H,42,43)/t26-,27+,28+,30-,31+,32-,33+,35-,36-,37-,38+,39+,40+/m1/s1. The molecule has 13 atom stereocenters. The van der Waals surface area contributed by atoms with Gasteiger partial charge in [-0.05, 0) is 112 Å². The van der Waals surface area contributed by atoms with Gasteiger partial charge in [-0.1, -0.05) is 74.0 Å². The van der Waals surface area contributed by atoms with Crippen LogP contribution in [0.3, 0.4) is 0 Å². The Morgan fingerprint density at radius 2 is 1.74 bits per heavy atom. The van der Waals surface area contributed by atoms with Crippen LogP contribution in [0.5, 0.6) is 0 Å². The van der Waals surface area contributed by atoms with E-state index in [1.165, 1.54) is 0 Å². The summed E-state index contributed by atoms with van der Waals surface area (Å²) in [7, 11) is 6.20. The third-order valence-electron chi connectivity index (χ3n) is 16.7. The minimum atomic E-state index is -0.600. The number of carboxylic acid groups (broad SMARTS) is 1. The first-order chi connectivity index (χ1) is 21.2. The van der Waals surface area contributed by atoms with Crippen LogP contribution in [-0.2, 0) is 19.0 Å². The monoisotopic (exact) mass is 644 g/mol. The van der Waals surface area contributed by atoms with Gasteiger partial charge in [0.15, 0.2) is 0 Å². The molecule has 0 spiro atoms. The summed E-state index contributed by atoms with van der Waals surface area (Å²) in [5, 5.41) is 11.0. The lowest BCUT2D eigenvalue weighted by molar-refractivity contribution is -0.290. The number of methoxy groups -OCH3 is 1. The van der Waals surface area contributed by atoms with E-state index in [1.54, 1.807) is 5.57 Å². The molecule has 0 aromatic heterocycles. The average molecular weight is 644 g/mol. The second-order valence-corrected chi connectivity index (χ2v) is 18.8. The number of rotatable bonds is 9. The molecule has 0 aromatic rings.